The molecule has 0 bridgehead atoms. The maximum absolute atomic E-state index is 6.50. The SMILES string of the molecule is CC(C)[Si](C#Cc1nn(C2CCCCO2)c2ccc(-c3cnn(C)c3O[C@@H]3CCCNC3)cc12)(C(C)C)C(C)C. The summed E-state index contributed by atoms with van der Waals surface area (Å²) in [6, 6.07) is 6.58. The van der Waals surface area contributed by atoms with Gasteiger partial charge in [-0.25, -0.2) is 9.36 Å². The number of nitrogens with zero attached hydrogens (tertiary/aromatic N) is 4. The molecule has 0 amide bonds. The number of fused-ring (bicyclic) bond motifs is 1. The lowest BCUT2D eigenvalue weighted by Crippen LogP contribution is -2.43. The average molecular weight is 562 g/mol. The maximum atomic E-state index is 6.50. The molecule has 1 N–H and O–H groups in total. The molecule has 2 aliphatic heterocycles. The quantitative estimate of drug-likeness (QED) is 0.253. The summed E-state index contributed by atoms with van der Waals surface area (Å²) in [5, 5.41) is 14.2. The molecule has 0 spiro atoms. The van der Waals surface area contributed by atoms with Crippen LogP contribution in [0.3, 0.4) is 0 Å². The zero-order valence-electron chi connectivity index (χ0n) is 25.5. The van der Waals surface area contributed by atoms with Gasteiger partial charge >= 0.3 is 0 Å². The molecular weight excluding hydrogens is 514 g/mol. The zero-order valence-corrected chi connectivity index (χ0v) is 26.5. The lowest BCUT2D eigenvalue weighted by molar-refractivity contribution is -0.0367. The van der Waals surface area contributed by atoms with Crippen LogP contribution >= 0.6 is 0 Å². The number of benzene rings is 1. The van der Waals surface area contributed by atoms with Gasteiger partial charge in [0.15, 0.2) is 6.23 Å². The smallest absolute Gasteiger partial charge is 0.219 e. The molecule has 2 saturated heterocycles. The minimum absolute atomic E-state index is 0.0453. The summed E-state index contributed by atoms with van der Waals surface area (Å²) < 4.78 is 16.6. The molecular formula is C32H47N5O2Si. The predicted molar refractivity (Wildman–Crippen MR) is 165 cm³/mol. The van der Waals surface area contributed by atoms with Gasteiger partial charge in [-0.05, 0) is 73.0 Å². The van der Waals surface area contributed by atoms with E-state index in [-0.39, 0.29) is 12.3 Å². The van der Waals surface area contributed by atoms with Crippen molar-refractivity contribution in [1.82, 2.24) is 24.9 Å². The minimum atomic E-state index is -1.92. The van der Waals surface area contributed by atoms with Crippen LogP contribution in [-0.2, 0) is 11.8 Å². The first kappa shape index (κ1) is 28.9. The fraction of sp³-hybridized carbons (Fsp3) is 0.625. The Bertz CT molecular complexity index is 1350. The van der Waals surface area contributed by atoms with Gasteiger partial charge in [0.1, 0.15) is 19.9 Å². The van der Waals surface area contributed by atoms with E-state index in [9.17, 15) is 0 Å². The van der Waals surface area contributed by atoms with Crippen molar-refractivity contribution >= 4 is 19.0 Å². The molecule has 0 radical (unpaired) electrons. The molecule has 2 aliphatic rings. The van der Waals surface area contributed by atoms with Gasteiger partial charge < -0.3 is 14.8 Å². The van der Waals surface area contributed by atoms with Gasteiger partial charge in [0, 0.05) is 25.6 Å². The highest BCUT2D eigenvalue weighted by Crippen LogP contribution is 2.41. The molecule has 2 aromatic heterocycles. The first-order valence-corrected chi connectivity index (χ1v) is 17.5. The van der Waals surface area contributed by atoms with Crippen molar-refractivity contribution in [2.75, 3.05) is 19.7 Å². The molecule has 1 unspecified atom stereocenters. The molecule has 216 valence electrons. The molecule has 0 aliphatic carbocycles. The number of hydrogen-bond acceptors (Lipinski definition) is 5. The second kappa shape index (κ2) is 12.1. The van der Waals surface area contributed by atoms with Gasteiger partial charge in [0.05, 0.1) is 17.3 Å². The Morgan fingerprint density at radius 1 is 1.05 bits per heavy atom. The van der Waals surface area contributed by atoms with Gasteiger partial charge in [-0.2, -0.15) is 10.2 Å². The first-order chi connectivity index (χ1) is 19.2. The Kier molecular flexibility index (Phi) is 8.74. The number of rotatable bonds is 7. The van der Waals surface area contributed by atoms with Crippen LogP contribution in [0.1, 0.15) is 85.6 Å². The van der Waals surface area contributed by atoms with Crippen LogP contribution in [0.5, 0.6) is 5.88 Å². The van der Waals surface area contributed by atoms with E-state index < -0.39 is 8.07 Å². The Labute approximate surface area is 241 Å². The van der Waals surface area contributed by atoms with Crippen molar-refractivity contribution in [1.29, 1.82) is 0 Å². The summed E-state index contributed by atoms with van der Waals surface area (Å²) in [5.74, 6) is 4.47. The van der Waals surface area contributed by atoms with E-state index in [1.807, 2.05) is 17.9 Å². The molecule has 5 rings (SSSR count). The summed E-state index contributed by atoms with van der Waals surface area (Å²) in [6.45, 7) is 16.9. The third-order valence-corrected chi connectivity index (χ3v) is 15.4. The molecule has 1 aromatic carbocycles. The van der Waals surface area contributed by atoms with Crippen molar-refractivity contribution in [2.24, 2.45) is 7.05 Å². The Balaban J connectivity index is 1.61. The lowest BCUT2D eigenvalue weighted by Gasteiger charge is -2.38. The molecule has 4 heterocycles. The standard InChI is InChI=1S/C32H47N5O2Si/c1-22(2)40(23(3)4,24(5)6)18-15-29-27-19-25(13-14-30(27)37(35-29)31-12-8-9-17-38-31)28-21-34-36(7)32(28)39-26-11-10-16-33-20-26/h13-14,19,21-24,26,31,33H,8-12,16-17,20H2,1-7H3/t26-,31?/m1/s1. The van der Waals surface area contributed by atoms with Crippen molar-refractivity contribution in [3.05, 3.63) is 30.1 Å². The monoisotopic (exact) mass is 561 g/mol. The van der Waals surface area contributed by atoms with Crippen molar-refractivity contribution < 1.29 is 9.47 Å². The fourth-order valence-corrected chi connectivity index (χ4v) is 12.2. The summed E-state index contributed by atoms with van der Waals surface area (Å²) in [7, 11) is 0.0382. The van der Waals surface area contributed by atoms with E-state index in [0.29, 0.717) is 16.6 Å². The number of ether oxygens (including phenoxy) is 2. The molecule has 0 saturated carbocycles. The third kappa shape index (κ3) is 5.48. The molecule has 3 aromatic rings. The highest BCUT2D eigenvalue weighted by Gasteiger charge is 2.41. The number of aromatic nitrogens is 4. The Morgan fingerprint density at radius 2 is 1.82 bits per heavy atom. The highest BCUT2D eigenvalue weighted by atomic mass is 28.3. The van der Waals surface area contributed by atoms with Crippen LogP contribution in [-0.4, -0.2) is 53.4 Å². The van der Waals surface area contributed by atoms with Crippen LogP contribution in [0.25, 0.3) is 22.0 Å². The molecule has 2 atom stereocenters. The van der Waals surface area contributed by atoms with Gasteiger partial charge in [-0.1, -0.05) is 53.5 Å². The van der Waals surface area contributed by atoms with E-state index in [4.69, 9.17) is 14.6 Å². The zero-order chi connectivity index (χ0) is 28.4. The van der Waals surface area contributed by atoms with Crippen molar-refractivity contribution in [3.63, 3.8) is 0 Å². The third-order valence-electron chi connectivity index (χ3n) is 9.12. The number of piperidine rings is 1. The van der Waals surface area contributed by atoms with Crippen LogP contribution in [0.2, 0.25) is 16.6 Å². The fourth-order valence-electron chi connectivity index (χ4n) is 6.98. The van der Waals surface area contributed by atoms with Gasteiger partial charge in [0.2, 0.25) is 5.88 Å². The van der Waals surface area contributed by atoms with E-state index >= 15 is 0 Å². The van der Waals surface area contributed by atoms with Crippen molar-refractivity contribution in [2.45, 2.75) is 103 Å². The van der Waals surface area contributed by atoms with Crippen LogP contribution in [0, 0.1) is 11.5 Å². The normalized spacial score (nSPS) is 20.4. The lowest BCUT2D eigenvalue weighted by atomic mass is 10.1. The molecule has 8 heteroatoms. The topological polar surface area (TPSA) is 66.1 Å². The summed E-state index contributed by atoms with van der Waals surface area (Å²) in [5.41, 5.74) is 9.62. The second-order valence-electron chi connectivity index (χ2n) is 12.6. The summed E-state index contributed by atoms with van der Waals surface area (Å²) >= 11 is 0. The van der Waals surface area contributed by atoms with E-state index in [0.717, 1.165) is 85.4 Å². The minimum Gasteiger partial charge on any atom is -0.473 e. The second-order valence-corrected chi connectivity index (χ2v) is 18.1. The maximum Gasteiger partial charge on any atom is 0.219 e. The largest absolute Gasteiger partial charge is 0.473 e. The number of aryl methyl sites for hydroxylation is 1. The predicted octanol–water partition coefficient (Wildman–Crippen LogP) is 6.84. The van der Waals surface area contributed by atoms with Gasteiger partial charge in [-0.15, -0.1) is 5.54 Å². The van der Waals surface area contributed by atoms with Crippen LogP contribution in [0.4, 0.5) is 0 Å². The van der Waals surface area contributed by atoms with Crippen LogP contribution in [0.15, 0.2) is 24.4 Å². The molecule has 40 heavy (non-hydrogen) atoms. The van der Waals surface area contributed by atoms with Crippen LogP contribution < -0.4 is 10.1 Å². The molecule has 2 fully saturated rings. The van der Waals surface area contributed by atoms with Crippen molar-refractivity contribution in [3.8, 4) is 28.5 Å². The van der Waals surface area contributed by atoms with Gasteiger partial charge in [-0.3, -0.25) is 0 Å². The van der Waals surface area contributed by atoms with Gasteiger partial charge in [0.25, 0.3) is 0 Å². The summed E-state index contributed by atoms with van der Waals surface area (Å²) in [6.07, 6.45) is 7.45. The number of hydrogen-bond donors (Lipinski definition) is 1. The average Bonchev–Trinajstić information content (AvgIpc) is 3.49. The summed E-state index contributed by atoms with van der Waals surface area (Å²) in [4.78, 5) is 0. The van der Waals surface area contributed by atoms with E-state index in [1.165, 1.54) is 0 Å². The molecule has 7 nitrogen and oxygen atoms in total. The number of nitrogens with one attached hydrogen (secondary N) is 1. The first-order valence-electron chi connectivity index (χ1n) is 15.3. The Morgan fingerprint density at radius 3 is 2.48 bits per heavy atom. The van der Waals surface area contributed by atoms with E-state index in [2.05, 4.69) is 86.3 Å². The highest BCUT2D eigenvalue weighted by molar-refractivity contribution is 6.90. The van der Waals surface area contributed by atoms with E-state index in [1.54, 1.807) is 0 Å². The Hall–Kier alpha value is -2.60.